The first kappa shape index (κ1) is 21.6. The van der Waals surface area contributed by atoms with E-state index in [0.29, 0.717) is 11.1 Å². The molecule has 0 aliphatic carbocycles. The number of fused-ring (bicyclic) bond motifs is 1. The second kappa shape index (κ2) is 8.13. The van der Waals surface area contributed by atoms with E-state index in [2.05, 4.69) is 15.9 Å². The number of ketones is 1. The Bertz CT molecular complexity index is 1490. The summed E-state index contributed by atoms with van der Waals surface area (Å²) in [5.74, 6) is -1.02. The van der Waals surface area contributed by atoms with Crippen LogP contribution in [0.2, 0.25) is 0 Å². The smallest absolute Gasteiger partial charge is 0.271 e. The second-order valence-electron chi connectivity index (χ2n) is 7.71. The van der Waals surface area contributed by atoms with Crippen LogP contribution in [-0.2, 0) is 6.54 Å². The van der Waals surface area contributed by atoms with Crippen LogP contribution in [0.1, 0.15) is 43.9 Å². The Labute approximate surface area is 192 Å². The molecule has 6 nitrogen and oxygen atoms in total. The molecule has 0 fully saturated rings. The van der Waals surface area contributed by atoms with E-state index in [1.807, 2.05) is 49.4 Å². The van der Waals surface area contributed by atoms with Gasteiger partial charge in [-0.05, 0) is 50.1 Å². The third-order valence-corrected chi connectivity index (χ3v) is 6.09. The zero-order chi connectivity index (χ0) is 23.2. The Morgan fingerprint density at radius 3 is 2.47 bits per heavy atom. The highest BCUT2D eigenvalue weighted by molar-refractivity contribution is 9.10. The molecule has 4 aromatic rings. The molecule has 7 heteroatoms. The van der Waals surface area contributed by atoms with Gasteiger partial charge < -0.3 is 9.52 Å². The van der Waals surface area contributed by atoms with Gasteiger partial charge in [0.25, 0.3) is 5.56 Å². The molecule has 0 unspecified atom stereocenters. The summed E-state index contributed by atoms with van der Waals surface area (Å²) in [6, 6.07) is 14.8. The van der Waals surface area contributed by atoms with Crippen molar-refractivity contribution < 1.29 is 14.3 Å². The molecule has 0 aliphatic heterocycles. The standard InChI is InChI=1S/C25H19BrN2O4/c1-13-4-6-16(7-5-13)12-28-24(30)19(11-27)14(2)21(25(28)31)22(29)23-15(3)18-9-8-17(26)10-20(18)32-23/h4-10,31H,12H2,1-3H3. The number of hydrogen-bond donors (Lipinski definition) is 1. The summed E-state index contributed by atoms with van der Waals surface area (Å²) in [6.07, 6.45) is 0. The SMILES string of the molecule is Cc1ccc(Cn2c(O)c(C(=O)c3oc4cc(Br)ccc4c3C)c(C)c(C#N)c2=O)cc1. The number of carbonyl (C=O) groups is 1. The molecule has 0 bridgehead atoms. The molecule has 2 aromatic heterocycles. The van der Waals surface area contributed by atoms with E-state index in [0.717, 1.165) is 25.6 Å². The molecule has 0 atom stereocenters. The maximum Gasteiger partial charge on any atom is 0.271 e. The number of hydrogen-bond acceptors (Lipinski definition) is 5. The Kier molecular flexibility index (Phi) is 5.49. The van der Waals surface area contributed by atoms with Gasteiger partial charge in [0, 0.05) is 15.4 Å². The fourth-order valence-electron chi connectivity index (χ4n) is 3.77. The Balaban J connectivity index is 1.91. The minimum Gasteiger partial charge on any atom is -0.494 e. The molecule has 160 valence electrons. The molecule has 2 aromatic carbocycles. The van der Waals surface area contributed by atoms with E-state index in [9.17, 15) is 20.0 Å². The number of halogens is 1. The molecule has 1 N–H and O–H groups in total. The third-order valence-electron chi connectivity index (χ3n) is 5.59. The molecule has 0 saturated carbocycles. The van der Waals surface area contributed by atoms with Crippen LogP contribution >= 0.6 is 15.9 Å². The number of aromatic hydroxyl groups is 1. The predicted octanol–water partition coefficient (Wildman–Crippen LogP) is 5.14. The lowest BCUT2D eigenvalue weighted by atomic mass is 9.98. The van der Waals surface area contributed by atoms with Crippen molar-refractivity contribution in [3.8, 4) is 11.9 Å². The quantitative estimate of drug-likeness (QED) is 0.399. The lowest BCUT2D eigenvalue weighted by Crippen LogP contribution is -2.27. The lowest BCUT2D eigenvalue weighted by molar-refractivity contribution is 0.101. The van der Waals surface area contributed by atoms with Gasteiger partial charge in [-0.1, -0.05) is 45.8 Å². The van der Waals surface area contributed by atoms with Gasteiger partial charge in [0.1, 0.15) is 17.2 Å². The molecule has 4 rings (SSSR count). The lowest BCUT2D eigenvalue weighted by Gasteiger charge is -2.15. The van der Waals surface area contributed by atoms with Gasteiger partial charge in [-0.15, -0.1) is 0 Å². The molecule has 32 heavy (non-hydrogen) atoms. The highest BCUT2D eigenvalue weighted by atomic mass is 79.9. The van der Waals surface area contributed by atoms with Gasteiger partial charge in [0.2, 0.25) is 11.7 Å². The topological polar surface area (TPSA) is 96.2 Å². The average molecular weight is 491 g/mol. The van der Waals surface area contributed by atoms with Crippen LogP contribution < -0.4 is 5.56 Å². The van der Waals surface area contributed by atoms with Crippen molar-refractivity contribution in [2.75, 3.05) is 0 Å². The van der Waals surface area contributed by atoms with Crippen molar-refractivity contribution in [2.45, 2.75) is 27.3 Å². The molecular weight excluding hydrogens is 472 g/mol. The number of nitrogens with zero attached hydrogens (tertiary/aromatic N) is 2. The normalized spacial score (nSPS) is 11.0. The number of rotatable bonds is 4. The van der Waals surface area contributed by atoms with Crippen LogP contribution in [-0.4, -0.2) is 15.5 Å². The largest absolute Gasteiger partial charge is 0.494 e. The van der Waals surface area contributed by atoms with Gasteiger partial charge in [-0.25, -0.2) is 0 Å². The van der Waals surface area contributed by atoms with E-state index in [1.54, 1.807) is 13.0 Å². The van der Waals surface area contributed by atoms with E-state index >= 15 is 0 Å². The summed E-state index contributed by atoms with van der Waals surface area (Å²) in [7, 11) is 0. The van der Waals surface area contributed by atoms with Gasteiger partial charge in [0.15, 0.2) is 5.76 Å². The van der Waals surface area contributed by atoms with Crippen molar-refractivity contribution in [2.24, 2.45) is 0 Å². The number of furan rings is 1. The van der Waals surface area contributed by atoms with Crippen LogP contribution in [0, 0.1) is 32.1 Å². The van der Waals surface area contributed by atoms with Crippen molar-refractivity contribution in [1.29, 1.82) is 5.26 Å². The zero-order valence-electron chi connectivity index (χ0n) is 17.7. The van der Waals surface area contributed by atoms with Crippen molar-refractivity contribution in [3.05, 3.63) is 96.4 Å². The molecule has 0 saturated heterocycles. The summed E-state index contributed by atoms with van der Waals surface area (Å²) in [4.78, 5) is 26.4. The molecule has 0 spiro atoms. The molecule has 2 heterocycles. The van der Waals surface area contributed by atoms with Gasteiger partial charge in [0.05, 0.1) is 12.1 Å². The second-order valence-corrected chi connectivity index (χ2v) is 8.63. The fraction of sp³-hybridized carbons (Fsp3) is 0.160. The first-order valence-corrected chi connectivity index (χ1v) is 10.7. The molecular formula is C25H19BrN2O4. The first-order valence-electron chi connectivity index (χ1n) is 9.88. The highest BCUT2D eigenvalue weighted by Crippen LogP contribution is 2.32. The van der Waals surface area contributed by atoms with Crippen molar-refractivity contribution in [3.63, 3.8) is 0 Å². The average Bonchev–Trinajstić information content (AvgIpc) is 3.08. The molecule has 0 aliphatic rings. The summed E-state index contributed by atoms with van der Waals surface area (Å²) in [5, 5.41) is 21.4. The number of benzene rings is 2. The Morgan fingerprint density at radius 1 is 1.12 bits per heavy atom. The fourth-order valence-corrected chi connectivity index (χ4v) is 4.11. The minimum absolute atomic E-state index is 0.0201. The van der Waals surface area contributed by atoms with Crippen molar-refractivity contribution >= 4 is 32.7 Å². The number of pyridine rings is 1. The third kappa shape index (κ3) is 3.53. The van der Waals surface area contributed by atoms with Crippen LogP contribution in [0.3, 0.4) is 0 Å². The number of aryl methyl sites for hydroxylation is 2. The predicted molar refractivity (Wildman–Crippen MR) is 124 cm³/mol. The first-order chi connectivity index (χ1) is 15.2. The van der Waals surface area contributed by atoms with Gasteiger partial charge in [-0.2, -0.15) is 5.26 Å². The summed E-state index contributed by atoms with van der Waals surface area (Å²) >= 11 is 3.38. The number of aromatic nitrogens is 1. The van der Waals surface area contributed by atoms with Crippen molar-refractivity contribution in [1.82, 2.24) is 4.57 Å². The monoisotopic (exact) mass is 490 g/mol. The Morgan fingerprint density at radius 2 is 1.81 bits per heavy atom. The minimum atomic E-state index is -0.648. The van der Waals surface area contributed by atoms with Gasteiger partial charge in [-0.3, -0.25) is 14.2 Å². The van der Waals surface area contributed by atoms with Crippen LogP contribution in [0.25, 0.3) is 11.0 Å². The van der Waals surface area contributed by atoms with E-state index < -0.39 is 17.2 Å². The van der Waals surface area contributed by atoms with E-state index in [-0.39, 0.29) is 29.0 Å². The van der Waals surface area contributed by atoms with Crippen LogP contribution in [0.15, 0.2) is 56.1 Å². The summed E-state index contributed by atoms with van der Waals surface area (Å²) in [6.45, 7) is 5.20. The number of carbonyl (C=O) groups excluding carboxylic acids is 1. The van der Waals surface area contributed by atoms with Crippen LogP contribution in [0.4, 0.5) is 0 Å². The van der Waals surface area contributed by atoms with E-state index in [4.69, 9.17) is 4.42 Å². The summed E-state index contributed by atoms with van der Waals surface area (Å²) < 4.78 is 7.67. The molecule has 0 amide bonds. The number of nitriles is 1. The summed E-state index contributed by atoms with van der Waals surface area (Å²) in [5.41, 5.74) is 2.12. The van der Waals surface area contributed by atoms with E-state index in [1.165, 1.54) is 6.92 Å². The molecule has 0 radical (unpaired) electrons. The maximum atomic E-state index is 13.5. The zero-order valence-corrected chi connectivity index (χ0v) is 19.3. The Hall–Kier alpha value is -3.63. The van der Waals surface area contributed by atoms with Crippen LogP contribution in [0.5, 0.6) is 5.88 Å². The maximum absolute atomic E-state index is 13.5. The highest BCUT2D eigenvalue weighted by Gasteiger charge is 2.28. The van der Waals surface area contributed by atoms with Gasteiger partial charge >= 0.3 is 0 Å².